The molecule has 0 unspecified atom stereocenters. The number of pyridine rings is 1. The van der Waals surface area contributed by atoms with Crippen molar-refractivity contribution in [1.29, 1.82) is 0 Å². The van der Waals surface area contributed by atoms with E-state index in [1.54, 1.807) is 24.4 Å². The van der Waals surface area contributed by atoms with Gasteiger partial charge >= 0.3 is 0 Å². The first-order valence-corrected chi connectivity index (χ1v) is 23.4. The first kappa shape index (κ1) is 41.3. The van der Waals surface area contributed by atoms with Crippen molar-refractivity contribution in [3.05, 3.63) is 106 Å². The van der Waals surface area contributed by atoms with Crippen molar-refractivity contribution in [2.75, 3.05) is 69.3 Å². The van der Waals surface area contributed by atoms with Crippen molar-refractivity contribution in [2.24, 2.45) is 5.41 Å². The van der Waals surface area contributed by atoms with E-state index in [0.717, 1.165) is 62.7 Å². The number of morpholine rings is 1. The number of nitrogens with one attached hydrogen (secondary N) is 3. The normalized spacial score (nSPS) is 21.6. The fourth-order valence-electron chi connectivity index (χ4n) is 10.4. The number of hydrogen-bond acceptors (Lipinski definition) is 13. The SMILES string of the molecule is Cc1ccccc1[C@@H]1CCCN1C1CC2(CCN(c3ccc(C(=O)NS(=O)(=O)c4cc5c(c([N+](=O)[O-])c4)N[C@@H](CN4CCOCC4)CO5)c(Oc4cnc5[nH]ccc5c4)c3)CC2)C1. The number of aryl methyl sites for hydroxylation is 1. The van der Waals surface area contributed by atoms with Crippen LogP contribution in [0, 0.1) is 22.5 Å². The molecule has 63 heavy (non-hydrogen) atoms. The van der Waals surface area contributed by atoms with E-state index >= 15 is 0 Å². The Balaban J connectivity index is 0.857. The van der Waals surface area contributed by atoms with Crippen LogP contribution in [0.15, 0.2) is 84.0 Å². The Labute approximate surface area is 366 Å². The van der Waals surface area contributed by atoms with Crippen molar-refractivity contribution in [3.63, 3.8) is 0 Å². The van der Waals surface area contributed by atoms with Crippen molar-refractivity contribution < 1.29 is 32.3 Å². The lowest BCUT2D eigenvalue weighted by Gasteiger charge is -2.56. The molecule has 17 heteroatoms. The molecular formula is C46H52N8O8S. The lowest BCUT2D eigenvalue weighted by Crippen LogP contribution is -2.54. The summed E-state index contributed by atoms with van der Waals surface area (Å²) in [5.41, 5.74) is 4.25. The molecule has 4 fully saturated rings. The maximum atomic E-state index is 14.0. The van der Waals surface area contributed by atoms with Gasteiger partial charge in [-0.25, -0.2) is 18.1 Å². The molecule has 0 bridgehead atoms. The zero-order chi connectivity index (χ0) is 43.3. The quantitative estimate of drug-likeness (QED) is 0.0933. The van der Waals surface area contributed by atoms with E-state index in [2.05, 4.69) is 65.9 Å². The van der Waals surface area contributed by atoms with Gasteiger partial charge in [-0.2, -0.15) is 0 Å². The molecule has 1 amide bonds. The molecule has 3 N–H and O–H groups in total. The highest BCUT2D eigenvalue weighted by atomic mass is 32.2. The van der Waals surface area contributed by atoms with Crippen LogP contribution in [-0.4, -0.2) is 110 Å². The van der Waals surface area contributed by atoms with Crippen molar-refractivity contribution in [1.82, 2.24) is 24.5 Å². The van der Waals surface area contributed by atoms with Gasteiger partial charge in [-0.05, 0) is 92.8 Å². The lowest BCUT2D eigenvalue weighted by molar-refractivity contribution is -0.384. The maximum absolute atomic E-state index is 14.0. The summed E-state index contributed by atoms with van der Waals surface area (Å²) in [6.45, 7) is 8.45. The summed E-state index contributed by atoms with van der Waals surface area (Å²) >= 11 is 0. The number of aromatic nitrogens is 2. The van der Waals surface area contributed by atoms with Gasteiger partial charge in [0.1, 0.15) is 23.8 Å². The van der Waals surface area contributed by atoms with Crippen LogP contribution >= 0.6 is 0 Å². The van der Waals surface area contributed by atoms with Gasteiger partial charge < -0.3 is 29.4 Å². The standard InChI is InChI=1S/C46H52N8O8S/c1-30-5-2-3-6-37(30)39-7-4-14-53(39)34-25-46(26-34)11-15-52(16-12-46)33-8-9-38(41(22-33)62-35-21-31-10-13-47-44(31)48-27-35)45(55)50-63(58,59)36-23-40(54(56)57)43-42(24-36)61-29-32(49-43)28-51-17-19-60-20-18-51/h2-3,5-6,8-10,13,21-24,27,32,34,39,49H,4,7,11-12,14-20,25-26,28-29H2,1H3,(H,47,48)(H,50,55)/t32-,39-/m0/s1. The van der Waals surface area contributed by atoms with E-state index in [1.165, 1.54) is 49.1 Å². The molecule has 10 rings (SSSR count). The number of ether oxygens (including phenoxy) is 3. The van der Waals surface area contributed by atoms with E-state index in [-0.39, 0.29) is 35.4 Å². The molecule has 5 aromatic rings. The summed E-state index contributed by atoms with van der Waals surface area (Å²) in [6, 6.07) is 20.6. The Hall–Kier alpha value is -5.75. The van der Waals surface area contributed by atoms with Gasteiger partial charge in [0, 0.05) is 80.3 Å². The first-order valence-electron chi connectivity index (χ1n) is 21.9. The monoisotopic (exact) mass is 876 g/mol. The number of likely N-dealkylation sites (tertiary alicyclic amines) is 1. The minimum absolute atomic E-state index is 0.0134. The molecule has 0 radical (unpaired) electrons. The number of benzene rings is 3. The molecule has 1 spiro atoms. The third-order valence-corrected chi connectivity index (χ3v) is 15.1. The van der Waals surface area contributed by atoms with Crippen LogP contribution in [0.4, 0.5) is 17.1 Å². The minimum Gasteiger partial charge on any atom is -0.489 e. The number of hydrogen-bond donors (Lipinski definition) is 3. The molecule has 2 aromatic heterocycles. The molecule has 330 valence electrons. The maximum Gasteiger partial charge on any atom is 0.297 e. The summed E-state index contributed by atoms with van der Waals surface area (Å²) in [6.07, 6.45) is 10.3. The van der Waals surface area contributed by atoms with Crippen molar-refractivity contribution >= 4 is 44.0 Å². The number of amides is 1. The summed E-state index contributed by atoms with van der Waals surface area (Å²) in [5, 5.41) is 16.3. The average molecular weight is 877 g/mol. The van der Waals surface area contributed by atoms with Crippen LogP contribution in [0.1, 0.15) is 66.1 Å². The third-order valence-electron chi connectivity index (χ3n) is 13.8. The van der Waals surface area contributed by atoms with E-state index in [9.17, 15) is 23.3 Å². The van der Waals surface area contributed by atoms with Crippen molar-refractivity contribution in [2.45, 2.75) is 68.5 Å². The van der Waals surface area contributed by atoms with Gasteiger partial charge in [0.15, 0.2) is 11.4 Å². The van der Waals surface area contributed by atoms with Gasteiger partial charge in [-0.1, -0.05) is 24.3 Å². The van der Waals surface area contributed by atoms with Gasteiger partial charge in [-0.15, -0.1) is 0 Å². The number of carbonyl (C=O) groups excluding carboxylic acids is 1. The van der Waals surface area contributed by atoms with Crippen LogP contribution in [0.25, 0.3) is 11.0 Å². The third kappa shape index (κ3) is 8.30. The summed E-state index contributed by atoms with van der Waals surface area (Å²) in [4.78, 5) is 39.9. The number of rotatable bonds is 11. The second-order valence-electron chi connectivity index (χ2n) is 17.7. The van der Waals surface area contributed by atoms with Gasteiger partial charge in [0.25, 0.3) is 21.6 Å². The molecule has 1 saturated carbocycles. The molecular weight excluding hydrogens is 825 g/mol. The number of anilines is 2. The summed E-state index contributed by atoms with van der Waals surface area (Å²) in [7, 11) is -4.64. The predicted octanol–water partition coefficient (Wildman–Crippen LogP) is 6.78. The molecule has 6 heterocycles. The van der Waals surface area contributed by atoms with Crippen LogP contribution in [0.3, 0.4) is 0 Å². The molecule has 3 saturated heterocycles. The van der Waals surface area contributed by atoms with Gasteiger partial charge in [-0.3, -0.25) is 24.7 Å². The molecule has 16 nitrogen and oxygen atoms in total. The zero-order valence-electron chi connectivity index (χ0n) is 35.3. The second-order valence-corrected chi connectivity index (χ2v) is 19.4. The highest BCUT2D eigenvalue weighted by Crippen LogP contribution is 2.54. The molecule has 4 aliphatic heterocycles. The Kier molecular flexibility index (Phi) is 11.0. The largest absolute Gasteiger partial charge is 0.489 e. The molecule has 2 atom stereocenters. The average Bonchev–Trinajstić information content (AvgIpc) is 3.96. The second kappa shape index (κ2) is 16.7. The summed E-state index contributed by atoms with van der Waals surface area (Å²) < 4.78 is 47.6. The van der Waals surface area contributed by atoms with E-state index in [1.807, 2.05) is 12.1 Å². The fraction of sp³-hybridized carbons (Fsp3) is 0.435. The number of sulfonamides is 1. The Morgan fingerprint density at radius 1 is 1.03 bits per heavy atom. The van der Waals surface area contributed by atoms with Gasteiger partial charge in [0.05, 0.1) is 40.8 Å². The Bertz CT molecular complexity index is 2650. The van der Waals surface area contributed by atoms with Crippen LogP contribution < -0.4 is 24.4 Å². The first-order chi connectivity index (χ1) is 30.5. The fourth-order valence-corrected chi connectivity index (χ4v) is 11.4. The highest BCUT2D eigenvalue weighted by Gasteiger charge is 2.50. The Morgan fingerprint density at radius 3 is 2.63 bits per heavy atom. The van der Waals surface area contributed by atoms with Crippen LogP contribution in [-0.2, 0) is 14.8 Å². The topological polar surface area (TPSA) is 184 Å². The number of nitrogens with zero attached hydrogens (tertiary/aromatic N) is 5. The number of H-pyrrole nitrogens is 1. The van der Waals surface area contributed by atoms with E-state index in [0.29, 0.717) is 48.7 Å². The van der Waals surface area contributed by atoms with Crippen LogP contribution in [0.5, 0.6) is 17.2 Å². The highest BCUT2D eigenvalue weighted by molar-refractivity contribution is 7.90. The lowest BCUT2D eigenvalue weighted by atomic mass is 9.59. The predicted molar refractivity (Wildman–Crippen MR) is 237 cm³/mol. The molecule has 5 aliphatic rings. The number of nitro benzene ring substituents is 1. The Morgan fingerprint density at radius 2 is 1.84 bits per heavy atom. The number of fused-ring (bicyclic) bond motifs is 2. The smallest absolute Gasteiger partial charge is 0.297 e. The number of piperidine rings is 1. The van der Waals surface area contributed by atoms with Gasteiger partial charge in [0.2, 0.25) is 0 Å². The number of nitro groups is 1. The minimum atomic E-state index is -4.64. The van der Waals surface area contributed by atoms with Crippen molar-refractivity contribution in [3.8, 4) is 17.2 Å². The van der Waals surface area contributed by atoms with E-state index < -0.39 is 31.4 Å². The number of carbonyl (C=O) groups is 1. The molecule has 1 aliphatic carbocycles. The number of aromatic amines is 1. The zero-order valence-corrected chi connectivity index (χ0v) is 36.1. The molecule has 3 aromatic carbocycles. The summed E-state index contributed by atoms with van der Waals surface area (Å²) in [5.74, 6) is -0.435. The van der Waals surface area contributed by atoms with Crippen LogP contribution in [0.2, 0.25) is 0 Å². The van der Waals surface area contributed by atoms with E-state index in [4.69, 9.17) is 14.2 Å².